The van der Waals surface area contributed by atoms with E-state index in [2.05, 4.69) is 31.5 Å². The number of aryl methyl sites for hydroxylation is 1. The number of carbonyl (C=O) groups is 1. The molecule has 0 spiro atoms. The number of thiazole rings is 1. The summed E-state index contributed by atoms with van der Waals surface area (Å²) in [6.45, 7) is 1.98. The van der Waals surface area contributed by atoms with Gasteiger partial charge in [0, 0.05) is 25.6 Å². The Bertz CT molecular complexity index is 863. The lowest BCUT2D eigenvalue weighted by molar-refractivity contribution is 0.262. The van der Waals surface area contributed by atoms with Gasteiger partial charge in [-0.1, -0.05) is 39.7 Å². The lowest BCUT2D eigenvalue weighted by atomic mass is 10.1. The average molecular weight is 423 g/mol. The second-order valence-corrected chi connectivity index (χ2v) is 7.57. The van der Waals surface area contributed by atoms with Gasteiger partial charge in [0.2, 0.25) is 0 Å². The number of halogens is 2. The zero-order chi connectivity index (χ0) is 17.1. The number of hydrogen-bond donors (Lipinski definition) is 2. The standard InChI is InChI=1S/C17H13BrClN3OS/c1-10-15(11-2-4-12(18)5-3-11)21-17(24-10)22-16(23)20-14-8-6-13(19)7-9-14/h2-9H,1H3,(H2,20,21,22,23). The van der Waals surface area contributed by atoms with Crippen molar-refractivity contribution < 1.29 is 4.79 Å². The molecule has 0 radical (unpaired) electrons. The summed E-state index contributed by atoms with van der Waals surface area (Å²) in [4.78, 5) is 17.6. The fourth-order valence-electron chi connectivity index (χ4n) is 2.12. The molecule has 0 fully saturated rings. The number of nitrogens with one attached hydrogen (secondary N) is 2. The summed E-state index contributed by atoms with van der Waals surface area (Å²) in [5.74, 6) is 0. The molecule has 1 aromatic heterocycles. The normalized spacial score (nSPS) is 10.5. The van der Waals surface area contributed by atoms with Crippen LogP contribution in [0.25, 0.3) is 11.3 Å². The zero-order valence-corrected chi connectivity index (χ0v) is 15.8. The molecule has 0 atom stereocenters. The van der Waals surface area contributed by atoms with Gasteiger partial charge in [0.1, 0.15) is 0 Å². The van der Waals surface area contributed by atoms with E-state index in [1.54, 1.807) is 24.3 Å². The third kappa shape index (κ3) is 4.14. The largest absolute Gasteiger partial charge is 0.325 e. The van der Waals surface area contributed by atoms with Crippen LogP contribution in [0.3, 0.4) is 0 Å². The van der Waals surface area contributed by atoms with Crippen LogP contribution >= 0.6 is 38.9 Å². The van der Waals surface area contributed by atoms with Crippen molar-refractivity contribution in [2.45, 2.75) is 6.92 Å². The van der Waals surface area contributed by atoms with E-state index in [-0.39, 0.29) is 6.03 Å². The summed E-state index contributed by atoms with van der Waals surface area (Å²) in [5, 5.41) is 6.68. The average Bonchev–Trinajstić information content (AvgIpc) is 2.90. The van der Waals surface area contributed by atoms with E-state index in [4.69, 9.17) is 11.6 Å². The van der Waals surface area contributed by atoms with Crippen LogP contribution in [0.5, 0.6) is 0 Å². The molecule has 0 aliphatic rings. The van der Waals surface area contributed by atoms with E-state index in [0.29, 0.717) is 15.8 Å². The first-order chi connectivity index (χ1) is 11.5. The van der Waals surface area contributed by atoms with Crippen LogP contribution in [-0.2, 0) is 0 Å². The molecule has 4 nitrogen and oxygen atoms in total. The fraction of sp³-hybridized carbons (Fsp3) is 0.0588. The Kier molecular flexibility index (Phi) is 5.18. The van der Waals surface area contributed by atoms with E-state index >= 15 is 0 Å². The number of rotatable bonds is 3. The smallest absolute Gasteiger partial charge is 0.308 e. The van der Waals surface area contributed by atoms with Gasteiger partial charge in [-0.25, -0.2) is 9.78 Å². The minimum absolute atomic E-state index is 0.339. The van der Waals surface area contributed by atoms with E-state index < -0.39 is 0 Å². The van der Waals surface area contributed by atoms with Gasteiger partial charge in [-0.3, -0.25) is 5.32 Å². The third-order valence-corrected chi connectivity index (χ3v) is 4.90. The molecule has 1 heterocycles. The number of benzene rings is 2. The van der Waals surface area contributed by atoms with Gasteiger partial charge in [0.25, 0.3) is 0 Å². The Balaban J connectivity index is 1.71. The molecule has 0 saturated carbocycles. The van der Waals surface area contributed by atoms with E-state index in [1.807, 2.05) is 31.2 Å². The molecule has 3 rings (SSSR count). The van der Waals surface area contributed by atoms with Crippen LogP contribution in [0.4, 0.5) is 15.6 Å². The van der Waals surface area contributed by atoms with Gasteiger partial charge in [-0.05, 0) is 43.3 Å². The van der Waals surface area contributed by atoms with Crippen molar-refractivity contribution in [3.05, 3.63) is 62.9 Å². The quantitative estimate of drug-likeness (QED) is 0.529. The molecular formula is C17H13BrClN3OS. The molecule has 7 heteroatoms. The van der Waals surface area contributed by atoms with Crippen molar-refractivity contribution in [2.24, 2.45) is 0 Å². The first kappa shape index (κ1) is 17.0. The second kappa shape index (κ2) is 7.34. The molecule has 2 aromatic carbocycles. The van der Waals surface area contributed by atoms with E-state index in [9.17, 15) is 4.79 Å². The van der Waals surface area contributed by atoms with Crippen molar-refractivity contribution in [3.8, 4) is 11.3 Å². The number of amides is 2. The lowest BCUT2D eigenvalue weighted by Crippen LogP contribution is -2.19. The minimum Gasteiger partial charge on any atom is -0.308 e. The first-order valence-electron chi connectivity index (χ1n) is 7.08. The second-order valence-electron chi connectivity index (χ2n) is 5.02. The SMILES string of the molecule is Cc1sc(NC(=O)Nc2ccc(Cl)cc2)nc1-c1ccc(Br)cc1. The molecule has 122 valence electrons. The van der Waals surface area contributed by atoms with Crippen molar-refractivity contribution in [1.29, 1.82) is 0 Å². The van der Waals surface area contributed by atoms with Crippen LogP contribution in [0.15, 0.2) is 53.0 Å². The first-order valence-corrected chi connectivity index (χ1v) is 9.07. The summed E-state index contributed by atoms with van der Waals surface area (Å²) in [6.07, 6.45) is 0. The number of carbonyl (C=O) groups excluding carboxylic acids is 1. The summed E-state index contributed by atoms with van der Waals surface area (Å²) in [6, 6.07) is 14.5. The van der Waals surface area contributed by atoms with Gasteiger partial charge in [0.15, 0.2) is 5.13 Å². The zero-order valence-electron chi connectivity index (χ0n) is 12.6. The molecule has 2 amide bonds. The highest BCUT2D eigenvalue weighted by molar-refractivity contribution is 9.10. The summed E-state index contributed by atoms with van der Waals surface area (Å²) < 4.78 is 1.01. The van der Waals surface area contributed by atoms with Crippen molar-refractivity contribution >= 4 is 55.7 Å². The number of hydrogen-bond acceptors (Lipinski definition) is 3. The van der Waals surface area contributed by atoms with Crippen LogP contribution in [0.2, 0.25) is 5.02 Å². The highest BCUT2D eigenvalue weighted by Crippen LogP contribution is 2.31. The predicted molar refractivity (Wildman–Crippen MR) is 104 cm³/mol. The highest BCUT2D eigenvalue weighted by atomic mass is 79.9. The molecule has 2 N–H and O–H groups in total. The monoisotopic (exact) mass is 421 g/mol. The Morgan fingerprint density at radius 1 is 1.08 bits per heavy atom. The van der Waals surface area contributed by atoms with Crippen molar-refractivity contribution in [2.75, 3.05) is 10.6 Å². The Morgan fingerprint density at radius 3 is 2.42 bits per heavy atom. The Hall–Kier alpha value is -1.89. The summed E-state index contributed by atoms with van der Waals surface area (Å²) in [7, 11) is 0. The topological polar surface area (TPSA) is 54.0 Å². The molecule has 0 unspecified atom stereocenters. The molecular weight excluding hydrogens is 410 g/mol. The van der Waals surface area contributed by atoms with Gasteiger partial charge in [-0.15, -0.1) is 11.3 Å². The van der Waals surface area contributed by atoms with Gasteiger partial charge < -0.3 is 5.32 Å². The van der Waals surface area contributed by atoms with Gasteiger partial charge >= 0.3 is 6.03 Å². The number of anilines is 2. The minimum atomic E-state index is -0.339. The maximum atomic E-state index is 12.1. The van der Waals surface area contributed by atoms with E-state index in [1.165, 1.54) is 11.3 Å². The molecule has 0 aliphatic carbocycles. The van der Waals surface area contributed by atoms with Crippen LogP contribution in [0, 0.1) is 6.92 Å². The molecule has 0 saturated heterocycles. The molecule has 3 aromatic rings. The van der Waals surface area contributed by atoms with Crippen LogP contribution in [-0.4, -0.2) is 11.0 Å². The van der Waals surface area contributed by atoms with Crippen molar-refractivity contribution in [1.82, 2.24) is 4.98 Å². The molecule has 24 heavy (non-hydrogen) atoms. The van der Waals surface area contributed by atoms with Gasteiger partial charge in [-0.2, -0.15) is 0 Å². The lowest BCUT2D eigenvalue weighted by Gasteiger charge is -2.05. The fourth-order valence-corrected chi connectivity index (χ4v) is 3.34. The predicted octanol–water partition coefficient (Wildman–Crippen LogP) is 6.18. The summed E-state index contributed by atoms with van der Waals surface area (Å²) in [5.41, 5.74) is 2.55. The Morgan fingerprint density at radius 2 is 1.75 bits per heavy atom. The van der Waals surface area contributed by atoms with Crippen LogP contribution in [0.1, 0.15) is 4.88 Å². The third-order valence-electron chi connectivity index (χ3n) is 3.24. The molecule has 0 aliphatic heterocycles. The molecule has 0 bridgehead atoms. The van der Waals surface area contributed by atoms with E-state index in [0.717, 1.165) is 20.6 Å². The number of aromatic nitrogens is 1. The Labute approximate surface area is 157 Å². The van der Waals surface area contributed by atoms with Crippen LogP contribution < -0.4 is 10.6 Å². The number of nitrogens with zero attached hydrogens (tertiary/aromatic N) is 1. The summed E-state index contributed by atoms with van der Waals surface area (Å²) >= 11 is 10.7. The van der Waals surface area contributed by atoms with Crippen molar-refractivity contribution in [3.63, 3.8) is 0 Å². The maximum absolute atomic E-state index is 12.1. The number of urea groups is 1. The maximum Gasteiger partial charge on any atom is 0.325 e. The highest BCUT2D eigenvalue weighted by Gasteiger charge is 2.12. The van der Waals surface area contributed by atoms with Gasteiger partial charge in [0.05, 0.1) is 5.69 Å².